The lowest BCUT2D eigenvalue weighted by molar-refractivity contribution is -0.121. The molecule has 4 aromatic carbocycles. The first kappa shape index (κ1) is 26.4. The molecule has 0 aromatic heterocycles. The molecule has 4 aromatic rings. The normalized spacial score (nSPS) is 23.6. The van der Waals surface area contributed by atoms with Crippen LogP contribution in [0.25, 0.3) is 5.57 Å². The maximum absolute atomic E-state index is 14.8. The van der Waals surface area contributed by atoms with Crippen LogP contribution in [0.15, 0.2) is 97.1 Å². The molecule has 208 valence electrons. The first-order valence-corrected chi connectivity index (χ1v) is 14.5. The van der Waals surface area contributed by atoms with E-state index in [4.69, 9.17) is 11.6 Å². The molecule has 6 heteroatoms. The van der Waals surface area contributed by atoms with Crippen molar-refractivity contribution in [1.82, 2.24) is 0 Å². The molecule has 1 amide bonds. The zero-order chi connectivity index (χ0) is 29.3. The molecule has 0 radical (unpaired) electrons. The molecule has 5 nitrogen and oxygen atoms in total. The van der Waals surface area contributed by atoms with Gasteiger partial charge >= 0.3 is 0 Å². The maximum Gasteiger partial charge on any atom is 0.238 e. The van der Waals surface area contributed by atoms with E-state index in [9.17, 15) is 14.4 Å². The molecule has 42 heavy (non-hydrogen) atoms. The number of Topliss-reactive ketones (excluding diaryl/α,β-unsaturated/α-hetero) is 2. The van der Waals surface area contributed by atoms with Gasteiger partial charge in [-0.25, -0.2) is 0 Å². The summed E-state index contributed by atoms with van der Waals surface area (Å²) < 4.78 is 0. The number of anilines is 2. The molecule has 0 aliphatic carbocycles. The fourth-order valence-corrected chi connectivity index (χ4v) is 7.35. The number of ketones is 2. The molecule has 7 rings (SSSR count). The van der Waals surface area contributed by atoms with Crippen molar-refractivity contribution in [2.75, 3.05) is 10.2 Å². The highest BCUT2D eigenvalue weighted by molar-refractivity contribution is 6.30. The van der Waals surface area contributed by atoms with Crippen molar-refractivity contribution in [3.8, 4) is 0 Å². The van der Waals surface area contributed by atoms with Gasteiger partial charge in [0.2, 0.25) is 5.91 Å². The Morgan fingerprint density at radius 3 is 2.19 bits per heavy atom. The topological polar surface area (TPSA) is 66.5 Å². The summed E-state index contributed by atoms with van der Waals surface area (Å²) in [5, 5.41) is 3.59. The quantitative estimate of drug-likeness (QED) is 0.263. The van der Waals surface area contributed by atoms with Crippen molar-refractivity contribution >= 4 is 46.0 Å². The Bertz CT molecular complexity index is 1830. The van der Waals surface area contributed by atoms with Crippen LogP contribution in [0.4, 0.5) is 11.4 Å². The second kappa shape index (κ2) is 9.53. The number of rotatable bonds is 4. The first-order chi connectivity index (χ1) is 20.2. The molecular formula is C36H29ClN2O3. The number of fused-ring (bicyclic) bond motifs is 6. The molecule has 0 unspecified atom stereocenters. The summed E-state index contributed by atoms with van der Waals surface area (Å²) in [6.45, 7) is 6.04. The number of carbonyl (C=O) groups excluding carboxylic acids is 3. The van der Waals surface area contributed by atoms with Crippen molar-refractivity contribution < 1.29 is 14.4 Å². The van der Waals surface area contributed by atoms with E-state index in [2.05, 4.69) is 17.5 Å². The third kappa shape index (κ3) is 3.66. The number of nitrogens with zero attached hydrogens (tertiary/aromatic N) is 1. The van der Waals surface area contributed by atoms with Gasteiger partial charge in [-0.1, -0.05) is 77.3 Å². The number of hydrogen-bond donors (Lipinski definition) is 1. The van der Waals surface area contributed by atoms with E-state index in [1.807, 2.05) is 86.3 Å². The predicted molar refractivity (Wildman–Crippen MR) is 166 cm³/mol. The summed E-state index contributed by atoms with van der Waals surface area (Å²) in [6.07, 6.45) is 2.08. The molecule has 3 aliphatic rings. The van der Waals surface area contributed by atoms with Crippen molar-refractivity contribution in [2.45, 2.75) is 38.3 Å². The number of nitrogens with one attached hydrogen (secondary N) is 1. The average Bonchev–Trinajstić information content (AvgIpc) is 3.45. The van der Waals surface area contributed by atoms with Gasteiger partial charge in [-0.3, -0.25) is 14.4 Å². The second-order valence-electron chi connectivity index (χ2n) is 11.6. The highest BCUT2D eigenvalue weighted by Gasteiger charge is 2.70. The SMILES string of the molecule is CC1=C[C@H]2N(c3ccc(C)cc31)[C@H](C(=O)c1ccc(C)cc1)[C@@H](C(=O)c1ccc(Cl)cc1)[C@]21C(=O)Nc2ccccc21. The van der Waals surface area contributed by atoms with Crippen LogP contribution in [-0.4, -0.2) is 29.6 Å². The third-order valence-corrected chi connectivity index (χ3v) is 9.40. The number of amides is 1. The van der Waals surface area contributed by atoms with Crippen LogP contribution >= 0.6 is 11.6 Å². The van der Waals surface area contributed by atoms with Gasteiger partial charge in [0, 0.05) is 33.1 Å². The fourth-order valence-electron chi connectivity index (χ4n) is 7.23. The van der Waals surface area contributed by atoms with E-state index in [0.717, 1.165) is 33.5 Å². The Morgan fingerprint density at radius 2 is 1.45 bits per heavy atom. The monoisotopic (exact) mass is 572 g/mol. The van der Waals surface area contributed by atoms with Gasteiger partial charge in [0.15, 0.2) is 11.6 Å². The van der Waals surface area contributed by atoms with E-state index in [1.54, 1.807) is 24.3 Å². The van der Waals surface area contributed by atoms with Gasteiger partial charge in [-0.05, 0) is 74.4 Å². The van der Waals surface area contributed by atoms with Gasteiger partial charge in [0.1, 0.15) is 11.5 Å². The average molecular weight is 573 g/mol. The third-order valence-electron chi connectivity index (χ3n) is 9.15. The van der Waals surface area contributed by atoms with Gasteiger partial charge in [-0.15, -0.1) is 0 Å². The molecule has 1 saturated heterocycles. The summed E-state index contributed by atoms with van der Waals surface area (Å²) in [4.78, 5) is 46.1. The summed E-state index contributed by atoms with van der Waals surface area (Å²) in [6, 6.07) is 26.3. The summed E-state index contributed by atoms with van der Waals surface area (Å²) in [5.41, 5.74) is 5.94. The van der Waals surface area contributed by atoms with Gasteiger partial charge in [-0.2, -0.15) is 0 Å². The Kier molecular flexibility index (Phi) is 6.00. The van der Waals surface area contributed by atoms with Crippen molar-refractivity contribution in [3.63, 3.8) is 0 Å². The van der Waals surface area contributed by atoms with Gasteiger partial charge < -0.3 is 10.2 Å². The number of hydrogen-bond acceptors (Lipinski definition) is 4. The van der Waals surface area contributed by atoms with Crippen LogP contribution < -0.4 is 10.2 Å². The second-order valence-corrected chi connectivity index (χ2v) is 12.1. The first-order valence-electron chi connectivity index (χ1n) is 14.1. The number of benzene rings is 4. The summed E-state index contributed by atoms with van der Waals surface area (Å²) in [5.74, 6) is -1.75. The molecular weight excluding hydrogens is 544 g/mol. The Labute approximate surface area is 249 Å². The Hall–Kier alpha value is -4.48. The van der Waals surface area contributed by atoms with E-state index >= 15 is 0 Å². The van der Waals surface area contributed by atoms with Crippen LogP contribution in [0, 0.1) is 19.8 Å². The highest BCUT2D eigenvalue weighted by Crippen LogP contribution is 2.59. The minimum Gasteiger partial charge on any atom is -0.352 e. The number of para-hydroxylation sites is 1. The molecule has 3 heterocycles. The maximum atomic E-state index is 14.8. The molecule has 3 aliphatic heterocycles. The summed E-state index contributed by atoms with van der Waals surface area (Å²) >= 11 is 6.20. The summed E-state index contributed by atoms with van der Waals surface area (Å²) in [7, 11) is 0. The van der Waals surface area contributed by atoms with Crippen LogP contribution in [0.3, 0.4) is 0 Å². The van der Waals surface area contributed by atoms with Crippen molar-refractivity contribution in [3.05, 3.63) is 135 Å². The standard InChI is InChI=1S/C36H29ClN2O3/c1-20-8-11-24(12-9-20)34(41)32-31(33(40)23-13-15-25(37)16-14-23)36(27-6-4-5-7-28(27)38-35(36)42)30-19-22(3)26-18-21(2)10-17-29(26)39(30)32/h4-19,30-32H,1-3H3,(H,38,42)/t30-,31+,32+,36-/m1/s1. The lowest BCUT2D eigenvalue weighted by atomic mass is 9.64. The van der Waals surface area contributed by atoms with E-state index in [0.29, 0.717) is 21.8 Å². The highest BCUT2D eigenvalue weighted by atomic mass is 35.5. The zero-order valence-electron chi connectivity index (χ0n) is 23.5. The number of carbonyl (C=O) groups is 3. The number of aryl methyl sites for hydroxylation is 2. The zero-order valence-corrected chi connectivity index (χ0v) is 24.3. The molecule has 1 spiro atoms. The molecule has 4 atom stereocenters. The molecule has 1 fully saturated rings. The Balaban J connectivity index is 1.55. The Morgan fingerprint density at radius 1 is 0.810 bits per heavy atom. The fraction of sp³-hybridized carbons (Fsp3) is 0.194. The minimum atomic E-state index is -1.35. The van der Waals surface area contributed by atoms with Crippen LogP contribution in [-0.2, 0) is 10.2 Å². The van der Waals surface area contributed by atoms with E-state index in [1.165, 1.54) is 0 Å². The van der Waals surface area contributed by atoms with Gasteiger partial charge in [0.25, 0.3) is 0 Å². The molecule has 1 N–H and O–H groups in total. The molecule has 0 bridgehead atoms. The van der Waals surface area contributed by atoms with Crippen molar-refractivity contribution in [2.24, 2.45) is 5.92 Å². The van der Waals surface area contributed by atoms with Crippen LogP contribution in [0.1, 0.15) is 49.9 Å². The van der Waals surface area contributed by atoms with Crippen LogP contribution in [0.2, 0.25) is 5.02 Å². The largest absolute Gasteiger partial charge is 0.352 e. The van der Waals surface area contributed by atoms with Gasteiger partial charge in [0.05, 0.1) is 12.0 Å². The van der Waals surface area contributed by atoms with E-state index < -0.39 is 23.4 Å². The lowest BCUT2D eigenvalue weighted by Crippen LogP contribution is -2.51. The number of halogens is 1. The predicted octanol–water partition coefficient (Wildman–Crippen LogP) is 7.20. The van der Waals surface area contributed by atoms with E-state index in [-0.39, 0.29) is 17.5 Å². The lowest BCUT2D eigenvalue weighted by Gasteiger charge is -2.39. The van der Waals surface area contributed by atoms with Crippen molar-refractivity contribution in [1.29, 1.82) is 0 Å². The molecule has 0 saturated carbocycles. The van der Waals surface area contributed by atoms with Crippen LogP contribution in [0.5, 0.6) is 0 Å². The number of allylic oxidation sites excluding steroid dienone is 1. The minimum absolute atomic E-state index is 0.194. The smallest absolute Gasteiger partial charge is 0.238 e.